The molecule has 0 heteroatoms. The van der Waals surface area contributed by atoms with Crippen LogP contribution >= 0.6 is 0 Å². The van der Waals surface area contributed by atoms with Crippen molar-refractivity contribution in [3.8, 4) is 11.1 Å². The van der Waals surface area contributed by atoms with Crippen LogP contribution in [0, 0.1) is 20.8 Å². The molecular weight excluding hydrogens is 348 g/mol. The topological polar surface area (TPSA) is 0 Å². The Morgan fingerprint density at radius 2 is 0.793 bits per heavy atom. The van der Waals surface area contributed by atoms with Crippen LogP contribution in [0.5, 0.6) is 0 Å². The van der Waals surface area contributed by atoms with Crippen molar-refractivity contribution in [1.82, 2.24) is 0 Å². The van der Waals surface area contributed by atoms with E-state index in [0.29, 0.717) is 0 Å². The van der Waals surface area contributed by atoms with Gasteiger partial charge in [0.1, 0.15) is 0 Å². The predicted octanol–water partition coefficient (Wildman–Crippen LogP) is 7.87. The van der Waals surface area contributed by atoms with E-state index >= 15 is 0 Å². The Morgan fingerprint density at radius 3 is 1.21 bits per heavy atom. The fraction of sp³-hybridized carbons (Fsp3) is 0.103. The van der Waals surface area contributed by atoms with Gasteiger partial charge in [0.25, 0.3) is 0 Å². The van der Waals surface area contributed by atoms with Crippen LogP contribution in [-0.4, -0.2) is 0 Å². The van der Waals surface area contributed by atoms with Crippen molar-refractivity contribution in [1.29, 1.82) is 0 Å². The zero-order chi connectivity index (χ0) is 20.2. The monoisotopic (exact) mass is 374 g/mol. The molecule has 0 fully saturated rings. The van der Waals surface area contributed by atoms with E-state index < -0.39 is 0 Å². The third-order valence-electron chi connectivity index (χ3n) is 5.33. The minimum absolute atomic E-state index is 1.21. The van der Waals surface area contributed by atoms with Gasteiger partial charge in [-0.15, -0.1) is 0 Å². The van der Waals surface area contributed by atoms with Crippen molar-refractivity contribution >= 4 is 11.6 Å². The summed E-state index contributed by atoms with van der Waals surface area (Å²) in [6, 6.07) is 35.1. The Bertz CT molecular complexity index is 1060. The molecule has 0 aliphatic rings. The van der Waals surface area contributed by atoms with Gasteiger partial charge in [-0.25, -0.2) is 0 Å². The van der Waals surface area contributed by atoms with Gasteiger partial charge in [0.05, 0.1) is 0 Å². The van der Waals surface area contributed by atoms with Crippen LogP contribution < -0.4 is 0 Å². The van der Waals surface area contributed by atoms with E-state index in [-0.39, 0.29) is 0 Å². The number of hydrogen-bond donors (Lipinski definition) is 0. The summed E-state index contributed by atoms with van der Waals surface area (Å²) < 4.78 is 0. The summed E-state index contributed by atoms with van der Waals surface area (Å²) in [5.41, 5.74) is 11.3. The highest BCUT2D eigenvalue weighted by molar-refractivity contribution is 5.91. The second kappa shape index (κ2) is 8.32. The number of rotatable bonds is 4. The third-order valence-corrected chi connectivity index (χ3v) is 5.33. The highest BCUT2D eigenvalue weighted by Crippen LogP contribution is 2.28. The van der Waals surface area contributed by atoms with Crippen LogP contribution in [0.4, 0.5) is 0 Å². The normalized spacial score (nSPS) is 10.6. The quantitative estimate of drug-likeness (QED) is 0.319. The smallest absolute Gasteiger partial charge is 0.0105 e. The first kappa shape index (κ1) is 19.0. The average Bonchev–Trinajstić information content (AvgIpc) is 2.75. The number of benzene rings is 4. The lowest BCUT2D eigenvalue weighted by Gasteiger charge is -2.11. The van der Waals surface area contributed by atoms with Gasteiger partial charge in [0, 0.05) is 0 Å². The van der Waals surface area contributed by atoms with Crippen molar-refractivity contribution in [2.75, 3.05) is 0 Å². The molecule has 4 rings (SSSR count). The minimum Gasteiger partial charge on any atom is -0.0587 e. The second-order valence-electron chi connectivity index (χ2n) is 7.78. The maximum absolute atomic E-state index is 2.29. The van der Waals surface area contributed by atoms with Gasteiger partial charge in [0.2, 0.25) is 0 Å². The SMILES string of the molecule is Cc1ccc(C(=Cc2ccc(-c3ccc(C)cc3)cc2)c2ccc(C)cc2)cc1. The van der Waals surface area contributed by atoms with Crippen molar-refractivity contribution in [2.45, 2.75) is 20.8 Å². The molecule has 142 valence electrons. The Labute approximate surface area is 174 Å². The minimum atomic E-state index is 1.21. The van der Waals surface area contributed by atoms with E-state index in [0.717, 1.165) is 0 Å². The fourth-order valence-electron chi connectivity index (χ4n) is 3.48. The lowest BCUT2D eigenvalue weighted by atomic mass is 9.94. The van der Waals surface area contributed by atoms with Crippen LogP contribution in [0.2, 0.25) is 0 Å². The Balaban J connectivity index is 1.72. The largest absolute Gasteiger partial charge is 0.0587 e. The van der Waals surface area contributed by atoms with Crippen molar-refractivity contribution < 1.29 is 0 Å². The molecule has 0 heterocycles. The lowest BCUT2D eigenvalue weighted by molar-refractivity contribution is 1.43. The summed E-state index contributed by atoms with van der Waals surface area (Å²) in [5, 5.41) is 0. The van der Waals surface area contributed by atoms with Gasteiger partial charge in [0.15, 0.2) is 0 Å². The Morgan fingerprint density at radius 1 is 0.448 bits per heavy atom. The summed E-state index contributed by atoms with van der Waals surface area (Å²) in [5.74, 6) is 0. The first-order valence-corrected chi connectivity index (χ1v) is 10.1. The Hall–Kier alpha value is -3.38. The van der Waals surface area contributed by atoms with Gasteiger partial charge >= 0.3 is 0 Å². The number of hydrogen-bond acceptors (Lipinski definition) is 0. The van der Waals surface area contributed by atoms with E-state index in [2.05, 4.69) is 124 Å². The molecule has 0 nitrogen and oxygen atoms in total. The van der Waals surface area contributed by atoms with Gasteiger partial charge in [-0.1, -0.05) is 114 Å². The van der Waals surface area contributed by atoms with Gasteiger partial charge in [-0.2, -0.15) is 0 Å². The van der Waals surface area contributed by atoms with E-state index in [1.165, 1.54) is 50.1 Å². The molecule has 0 aliphatic heterocycles. The molecule has 0 unspecified atom stereocenters. The molecule has 29 heavy (non-hydrogen) atoms. The van der Waals surface area contributed by atoms with Gasteiger partial charge in [-0.3, -0.25) is 0 Å². The zero-order valence-corrected chi connectivity index (χ0v) is 17.3. The van der Waals surface area contributed by atoms with Gasteiger partial charge in [-0.05, 0) is 60.2 Å². The van der Waals surface area contributed by atoms with E-state index in [9.17, 15) is 0 Å². The highest BCUT2D eigenvalue weighted by Gasteiger charge is 2.06. The second-order valence-corrected chi connectivity index (χ2v) is 7.78. The average molecular weight is 375 g/mol. The molecule has 0 saturated heterocycles. The molecule has 0 amide bonds. The summed E-state index contributed by atoms with van der Waals surface area (Å²) in [4.78, 5) is 0. The molecule has 0 atom stereocenters. The maximum atomic E-state index is 2.29. The molecule has 4 aromatic rings. The molecule has 0 spiro atoms. The molecule has 0 bridgehead atoms. The van der Waals surface area contributed by atoms with E-state index in [1.54, 1.807) is 0 Å². The van der Waals surface area contributed by atoms with E-state index in [1.807, 2.05) is 0 Å². The number of aryl methyl sites for hydroxylation is 3. The van der Waals surface area contributed by atoms with Crippen molar-refractivity contribution in [3.63, 3.8) is 0 Å². The fourth-order valence-corrected chi connectivity index (χ4v) is 3.48. The van der Waals surface area contributed by atoms with Gasteiger partial charge < -0.3 is 0 Å². The molecule has 4 aromatic carbocycles. The molecule has 0 radical (unpaired) electrons. The molecule has 0 saturated carbocycles. The molecule has 0 aromatic heterocycles. The summed E-state index contributed by atoms with van der Waals surface area (Å²) in [6.45, 7) is 6.38. The zero-order valence-electron chi connectivity index (χ0n) is 17.3. The van der Waals surface area contributed by atoms with Crippen molar-refractivity contribution in [2.24, 2.45) is 0 Å². The van der Waals surface area contributed by atoms with Crippen LogP contribution in [-0.2, 0) is 0 Å². The summed E-state index contributed by atoms with van der Waals surface area (Å²) in [7, 11) is 0. The Kier molecular flexibility index (Phi) is 5.44. The van der Waals surface area contributed by atoms with E-state index in [4.69, 9.17) is 0 Å². The molecule has 0 N–H and O–H groups in total. The van der Waals surface area contributed by atoms with Crippen LogP contribution in [0.1, 0.15) is 33.4 Å². The van der Waals surface area contributed by atoms with Crippen LogP contribution in [0.3, 0.4) is 0 Å². The highest BCUT2D eigenvalue weighted by atomic mass is 14.1. The summed E-state index contributed by atoms with van der Waals surface area (Å²) >= 11 is 0. The van der Waals surface area contributed by atoms with Crippen LogP contribution in [0.25, 0.3) is 22.8 Å². The van der Waals surface area contributed by atoms with Crippen molar-refractivity contribution in [3.05, 3.63) is 130 Å². The maximum Gasteiger partial charge on any atom is -0.0105 e. The first-order valence-electron chi connectivity index (χ1n) is 10.1. The third kappa shape index (κ3) is 4.55. The standard InChI is InChI=1S/C29H26/c1-21-4-12-25(13-5-21)26-18-10-24(11-19-26)20-29(27-14-6-22(2)7-15-27)28-16-8-23(3)9-17-28/h4-20H,1-3H3. The summed E-state index contributed by atoms with van der Waals surface area (Å²) in [6.07, 6.45) is 2.29. The molecule has 0 aliphatic carbocycles. The lowest BCUT2D eigenvalue weighted by Crippen LogP contribution is -1.89. The van der Waals surface area contributed by atoms with Crippen LogP contribution in [0.15, 0.2) is 97.1 Å². The molecular formula is C29H26. The predicted molar refractivity (Wildman–Crippen MR) is 126 cm³/mol. The first-order chi connectivity index (χ1) is 14.1.